The van der Waals surface area contributed by atoms with Gasteiger partial charge in [-0.05, 0) is 37.0 Å². The number of hydrogen-bond donors (Lipinski definition) is 0. The molecule has 1 nitrogen and oxygen atoms in total. The molecule has 0 atom stereocenters. The van der Waals surface area contributed by atoms with Gasteiger partial charge in [0.05, 0.1) is 6.61 Å². The third-order valence-corrected chi connectivity index (χ3v) is 2.42. The summed E-state index contributed by atoms with van der Waals surface area (Å²) in [5.41, 5.74) is 1.36. The monoisotopic (exact) mass is 205 g/mol. The highest BCUT2D eigenvalue weighted by Crippen LogP contribution is 2.13. The minimum Gasteiger partial charge on any atom is -0.493 e. The zero-order chi connectivity index (χ0) is 10.9. The topological polar surface area (TPSA) is 9.23 Å². The van der Waals surface area contributed by atoms with Crippen molar-refractivity contribution in [1.29, 1.82) is 0 Å². The summed E-state index contributed by atoms with van der Waals surface area (Å²) in [5, 5.41) is 0. The van der Waals surface area contributed by atoms with E-state index in [9.17, 15) is 0 Å². The predicted molar refractivity (Wildman–Crippen MR) is 64.3 cm³/mol. The van der Waals surface area contributed by atoms with E-state index in [-0.39, 0.29) is 0 Å². The Balaban J connectivity index is 2.35. The number of hydrogen-bond acceptors (Lipinski definition) is 1. The second kappa shape index (κ2) is 7.33. The van der Waals surface area contributed by atoms with E-state index in [2.05, 4.69) is 32.0 Å². The molecular formula is C14H21O. The van der Waals surface area contributed by atoms with Crippen molar-refractivity contribution in [2.24, 2.45) is 0 Å². The SMILES string of the molecule is CCCCOc1[c]cc(CCCC)cc1. The van der Waals surface area contributed by atoms with Gasteiger partial charge in [0, 0.05) is 6.07 Å². The molecule has 0 spiro atoms. The molecule has 0 heterocycles. The van der Waals surface area contributed by atoms with Gasteiger partial charge in [0.2, 0.25) is 0 Å². The maximum atomic E-state index is 5.55. The van der Waals surface area contributed by atoms with E-state index in [1.165, 1.54) is 24.8 Å². The lowest BCUT2D eigenvalue weighted by atomic mass is 10.1. The van der Waals surface area contributed by atoms with Crippen LogP contribution in [0.3, 0.4) is 0 Å². The summed E-state index contributed by atoms with van der Waals surface area (Å²) in [6.45, 7) is 5.19. The zero-order valence-corrected chi connectivity index (χ0v) is 9.88. The van der Waals surface area contributed by atoms with Crippen molar-refractivity contribution < 1.29 is 4.74 Å². The van der Waals surface area contributed by atoms with Gasteiger partial charge in [-0.25, -0.2) is 0 Å². The van der Waals surface area contributed by atoms with Gasteiger partial charge < -0.3 is 4.74 Å². The van der Waals surface area contributed by atoms with Crippen LogP contribution in [0.2, 0.25) is 0 Å². The molecule has 1 aromatic rings. The van der Waals surface area contributed by atoms with Crippen molar-refractivity contribution in [3.63, 3.8) is 0 Å². The molecule has 1 heteroatoms. The molecule has 0 unspecified atom stereocenters. The Morgan fingerprint density at radius 2 is 1.93 bits per heavy atom. The Morgan fingerprint density at radius 3 is 2.53 bits per heavy atom. The molecule has 0 saturated heterocycles. The molecule has 15 heavy (non-hydrogen) atoms. The molecule has 0 saturated carbocycles. The van der Waals surface area contributed by atoms with E-state index >= 15 is 0 Å². The largest absolute Gasteiger partial charge is 0.493 e. The minimum absolute atomic E-state index is 0.807. The van der Waals surface area contributed by atoms with Gasteiger partial charge in [-0.15, -0.1) is 0 Å². The van der Waals surface area contributed by atoms with Crippen LogP contribution in [0, 0.1) is 6.07 Å². The average molecular weight is 205 g/mol. The lowest BCUT2D eigenvalue weighted by Gasteiger charge is -2.05. The van der Waals surface area contributed by atoms with Crippen LogP contribution in [0.4, 0.5) is 0 Å². The van der Waals surface area contributed by atoms with Crippen molar-refractivity contribution in [2.45, 2.75) is 46.0 Å². The lowest BCUT2D eigenvalue weighted by Crippen LogP contribution is -1.96. The molecular weight excluding hydrogens is 184 g/mol. The summed E-state index contributed by atoms with van der Waals surface area (Å²) in [5.74, 6) is 0.878. The lowest BCUT2D eigenvalue weighted by molar-refractivity contribution is 0.308. The first-order chi connectivity index (χ1) is 7.36. The Kier molecular flexibility index (Phi) is 5.91. The first-order valence-electron chi connectivity index (χ1n) is 6.00. The predicted octanol–water partition coefficient (Wildman–Crippen LogP) is 4.01. The van der Waals surface area contributed by atoms with E-state index in [0.717, 1.165) is 25.2 Å². The van der Waals surface area contributed by atoms with Crippen LogP contribution in [0.25, 0.3) is 0 Å². The first kappa shape index (κ1) is 12.1. The van der Waals surface area contributed by atoms with Crippen LogP contribution < -0.4 is 4.74 Å². The maximum Gasteiger partial charge on any atom is 0.127 e. The van der Waals surface area contributed by atoms with Crippen molar-refractivity contribution in [3.05, 3.63) is 29.8 Å². The standard InChI is InChI=1S/C14H21O/c1-3-5-7-13-8-10-14(11-9-13)15-12-6-4-2/h8-10H,3-7,12H2,1-2H3. The van der Waals surface area contributed by atoms with E-state index in [1.807, 2.05) is 6.07 Å². The fourth-order valence-electron chi connectivity index (χ4n) is 1.40. The number of benzene rings is 1. The summed E-state index contributed by atoms with van der Waals surface area (Å²) < 4.78 is 5.55. The number of aryl methyl sites for hydroxylation is 1. The maximum absolute atomic E-state index is 5.55. The summed E-state index contributed by atoms with van der Waals surface area (Å²) in [7, 11) is 0. The molecule has 0 amide bonds. The molecule has 0 aliphatic carbocycles. The van der Waals surface area contributed by atoms with Crippen LogP contribution >= 0.6 is 0 Å². The summed E-state index contributed by atoms with van der Waals surface area (Å²) in [4.78, 5) is 0. The normalized spacial score (nSPS) is 10.3. The first-order valence-corrected chi connectivity index (χ1v) is 6.00. The summed E-state index contributed by atoms with van der Waals surface area (Å²) in [6, 6.07) is 9.41. The molecule has 1 rings (SSSR count). The van der Waals surface area contributed by atoms with Crippen LogP contribution in [-0.4, -0.2) is 6.61 Å². The third kappa shape index (κ3) is 4.87. The second-order valence-corrected chi connectivity index (χ2v) is 3.87. The van der Waals surface area contributed by atoms with Gasteiger partial charge in [-0.1, -0.05) is 32.8 Å². The molecule has 1 aromatic carbocycles. The molecule has 0 fully saturated rings. The van der Waals surface area contributed by atoms with Crippen LogP contribution in [0.1, 0.15) is 45.1 Å². The fraction of sp³-hybridized carbons (Fsp3) is 0.571. The number of rotatable bonds is 7. The van der Waals surface area contributed by atoms with Crippen LogP contribution in [0.5, 0.6) is 5.75 Å². The van der Waals surface area contributed by atoms with Gasteiger partial charge in [-0.2, -0.15) is 0 Å². The Hall–Kier alpha value is -0.980. The highest BCUT2D eigenvalue weighted by molar-refractivity contribution is 5.25. The Labute approximate surface area is 93.5 Å². The number of ether oxygens (including phenoxy) is 1. The van der Waals surface area contributed by atoms with Crippen LogP contribution in [-0.2, 0) is 6.42 Å². The van der Waals surface area contributed by atoms with E-state index in [4.69, 9.17) is 4.74 Å². The Morgan fingerprint density at radius 1 is 1.13 bits per heavy atom. The van der Waals surface area contributed by atoms with Gasteiger partial charge >= 0.3 is 0 Å². The van der Waals surface area contributed by atoms with Crippen molar-refractivity contribution >= 4 is 0 Å². The van der Waals surface area contributed by atoms with Crippen molar-refractivity contribution in [2.75, 3.05) is 6.61 Å². The van der Waals surface area contributed by atoms with Gasteiger partial charge in [0.25, 0.3) is 0 Å². The van der Waals surface area contributed by atoms with E-state index < -0.39 is 0 Å². The van der Waals surface area contributed by atoms with Crippen molar-refractivity contribution in [1.82, 2.24) is 0 Å². The molecule has 83 valence electrons. The van der Waals surface area contributed by atoms with E-state index in [1.54, 1.807) is 0 Å². The molecule has 0 bridgehead atoms. The zero-order valence-electron chi connectivity index (χ0n) is 9.88. The quantitative estimate of drug-likeness (QED) is 0.611. The van der Waals surface area contributed by atoms with Gasteiger partial charge in [0.15, 0.2) is 0 Å². The summed E-state index contributed by atoms with van der Waals surface area (Å²) >= 11 is 0. The molecule has 0 aliphatic rings. The number of unbranched alkanes of at least 4 members (excludes halogenated alkanes) is 2. The second-order valence-electron chi connectivity index (χ2n) is 3.87. The van der Waals surface area contributed by atoms with Crippen molar-refractivity contribution in [3.8, 4) is 5.75 Å². The van der Waals surface area contributed by atoms with Gasteiger partial charge in [0.1, 0.15) is 5.75 Å². The Bertz CT molecular complexity index is 251. The van der Waals surface area contributed by atoms with E-state index in [0.29, 0.717) is 0 Å². The third-order valence-electron chi connectivity index (χ3n) is 2.42. The fourth-order valence-corrected chi connectivity index (χ4v) is 1.40. The highest BCUT2D eigenvalue weighted by Gasteiger charge is 1.95. The molecule has 0 N–H and O–H groups in total. The average Bonchev–Trinajstić information content (AvgIpc) is 2.28. The highest BCUT2D eigenvalue weighted by atomic mass is 16.5. The molecule has 1 radical (unpaired) electrons. The smallest absolute Gasteiger partial charge is 0.127 e. The molecule has 0 aliphatic heterocycles. The minimum atomic E-state index is 0.807. The van der Waals surface area contributed by atoms with Gasteiger partial charge in [-0.3, -0.25) is 0 Å². The van der Waals surface area contributed by atoms with Crippen LogP contribution in [0.15, 0.2) is 18.2 Å². The molecule has 0 aromatic heterocycles. The summed E-state index contributed by atoms with van der Waals surface area (Å²) in [6.07, 6.45) is 5.95.